The molecular weight excluding hydrogens is 432 g/mol. The van der Waals surface area contributed by atoms with Crippen LogP contribution in [0.15, 0.2) is 48.1 Å². The topological polar surface area (TPSA) is 86.2 Å². The molecule has 158 valence electrons. The summed E-state index contributed by atoms with van der Waals surface area (Å²) >= 11 is 2.86. The van der Waals surface area contributed by atoms with Gasteiger partial charge in [0, 0.05) is 28.9 Å². The number of aryl methyl sites for hydroxylation is 1. The van der Waals surface area contributed by atoms with Gasteiger partial charge in [0.1, 0.15) is 14.9 Å². The van der Waals surface area contributed by atoms with E-state index in [9.17, 15) is 4.79 Å². The maximum atomic E-state index is 12.8. The Balaban J connectivity index is 1.47. The van der Waals surface area contributed by atoms with Crippen LogP contribution in [0.3, 0.4) is 0 Å². The zero-order chi connectivity index (χ0) is 21.8. The van der Waals surface area contributed by atoms with E-state index in [2.05, 4.69) is 20.3 Å². The minimum Gasteiger partial charge on any atom is -0.493 e. The molecule has 4 rings (SSSR count). The Morgan fingerprint density at radius 1 is 1.03 bits per heavy atom. The third-order valence-corrected chi connectivity index (χ3v) is 6.62. The number of thiazole rings is 2. The van der Waals surface area contributed by atoms with Crippen LogP contribution >= 0.6 is 22.7 Å². The highest BCUT2D eigenvalue weighted by molar-refractivity contribution is 7.17. The SMILES string of the molecule is COc1ccc(-c2nc(C)c(C(=O)NCc3nc(-c4ccncc4)cs3)s2)cc1OC. The molecule has 0 aliphatic rings. The van der Waals surface area contributed by atoms with Crippen molar-refractivity contribution >= 4 is 28.6 Å². The van der Waals surface area contributed by atoms with Crippen LogP contribution in [0.5, 0.6) is 11.5 Å². The summed E-state index contributed by atoms with van der Waals surface area (Å²) in [5.74, 6) is 1.10. The number of hydrogen-bond donors (Lipinski definition) is 1. The molecule has 0 spiro atoms. The molecular formula is C22H20N4O3S2. The Hall–Kier alpha value is -3.30. The van der Waals surface area contributed by atoms with Crippen LogP contribution in [0.2, 0.25) is 0 Å². The molecule has 31 heavy (non-hydrogen) atoms. The van der Waals surface area contributed by atoms with Crippen LogP contribution in [0.1, 0.15) is 20.4 Å². The highest BCUT2D eigenvalue weighted by Crippen LogP contribution is 2.35. The lowest BCUT2D eigenvalue weighted by Crippen LogP contribution is -2.22. The lowest BCUT2D eigenvalue weighted by atomic mass is 10.2. The number of carbonyl (C=O) groups is 1. The van der Waals surface area contributed by atoms with Crippen molar-refractivity contribution in [3.63, 3.8) is 0 Å². The third-order valence-electron chi connectivity index (χ3n) is 4.56. The molecule has 9 heteroatoms. The van der Waals surface area contributed by atoms with E-state index in [-0.39, 0.29) is 5.91 Å². The molecule has 0 saturated carbocycles. The first-order valence-corrected chi connectivity index (χ1v) is 11.1. The van der Waals surface area contributed by atoms with E-state index in [0.29, 0.717) is 28.6 Å². The molecule has 3 heterocycles. The smallest absolute Gasteiger partial charge is 0.263 e. The summed E-state index contributed by atoms with van der Waals surface area (Å²) in [4.78, 5) is 26.5. The van der Waals surface area contributed by atoms with Crippen molar-refractivity contribution in [1.82, 2.24) is 20.3 Å². The number of methoxy groups -OCH3 is 2. The number of benzene rings is 1. The number of amides is 1. The zero-order valence-electron chi connectivity index (χ0n) is 17.2. The molecule has 1 N–H and O–H groups in total. The maximum absolute atomic E-state index is 12.8. The molecule has 0 unspecified atom stereocenters. The van der Waals surface area contributed by atoms with E-state index in [0.717, 1.165) is 26.8 Å². The van der Waals surface area contributed by atoms with Gasteiger partial charge in [-0.1, -0.05) is 0 Å². The van der Waals surface area contributed by atoms with Gasteiger partial charge in [-0.2, -0.15) is 0 Å². The highest BCUT2D eigenvalue weighted by Gasteiger charge is 2.18. The van der Waals surface area contributed by atoms with Crippen molar-refractivity contribution in [2.45, 2.75) is 13.5 Å². The molecule has 0 aliphatic heterocycles. The molecule has 4 aromatic rings. The Labute approximate surface area is 187 Å². The molecule has 1 aromatic carbocycles. The minimum absolute atomic E-state index is 0.164. The third kappa shape index (κ3) is 4.57. The molecule has 7 nitrogen and oxygen atoms in total. The van der Waals surface area contributed by atoms with E-state index in [1.807, 2.05) is 42.6 Å². The summed E-state index contributed by atoms with van der Waals surface area (Å²) in [6, 6.07) is 9.40. The second-order valence-electron chi connectivity index (χ2n) is 6.55. The van der Waals surface area contributed by atoms with Crippen LogP contribution in [0.25, 0.3) is 21.8 Å². The largest absolute Gasteiger partial charge is 0.493 e. The van der Waals surface area contributed by atoms with E-state index in [1.165, 1.54) is 22.7 Å². The van der Waals surface area contributed by atoms with Gasteiger partial charge in [-0.15, -0.1) is 22.7 Å². The summed E-state index contributed by atoms with van der Waals surface area (Å²) in [6.07, 6.45) is 3.47. The fourth-order valence-corrected chi connectivity index (χ4v) is 4.71. The van der Waals surface area contributed by atoms with Crippen LogP contribution in [0.4, 0.5) is 0 Å². The number of ether oxygens (including phenoxy) is 2. The van der Waals surface area contributed by atoms with Crippen molar-refractivity contribution in [2.24, 2.45) is 0 Å². The average molecular weight is 453 g/mol. The van der Waals surface area contributed by atoms with Crippen LogP contribution in [0, 0.1) is 6.92 Å². The summed E-state index contributed by atoms with van der Waals surface area (Å²) in [5.41, 5.74) is 3.43. The first-order valence-electron chi connectivity index (χ1n) is 9.42. The number of carbonyl (C=O) groups excluding carboxylic acids is 1. The first-order chi connectivity index (χ1) is 15.1. The predicted octanol–water partition coefficient (Wildman–Crippen LogP) is 4.58. The number of nitrogens with zero attached hydrogens (tertiary/aromatic N) is 3. The van der Waals surface area contributed by atoms with Crippen LogP contribution < -0.4 is 14.8 Å². The van der Waals surface area contributed by atoms with Crippen LogP contribution in [-0.2, 0) is 6.54 Å². The van der Waals surface area contributed by atoms with Gasteiger partial charge in [0.15, 0.2) is 11.5 Å². The minimum atomic E-state index is -0.164. The fraction of sp³-hybridized carbons (Fsp3) is 0.182. The number of hydrogen-bond acceptors (Lipinski definition) is 8. The lowest BCUT2D eigenvalue weighted by molar-refractivity contribution is 0.0954. The first kappa shape index (κ1) is 21.0. The summed E-state index contributed by atoms with van der Waals surface area (Å²) in [6.45, 7) is 2.19. The number of nitrogens with one attached hydrogen (secondary N) is 1. The van der Waals surface area contributed by atoms with Gasteiger partial charge in [-0.3, -0.25) is 9.78 Å². The number of aromatic nitrogens is 3. The Bertz CT molecular complexity index is 1200. The Kier molecular flexibility index (Phi) is 6.24. The quantitative estimate of drug-likeness (QED) is 0.442. The van der Waals surface area contributed by atoms with Crippen molar-refractivity contribution in [3.8, 4) is 33.3 Å². The molecule has 3 aromatic heterocycles. The van der Waals surface area contributed by atoms with Crippen molar-refractivity contribution in [2.75, 3.05) is 14.2 Å². The number of pyridine rings is 1. The Morgan fingerprint density at radius 3 is 2.55 bits per heavy atom. The van der Waals surface area contributed by atoms with Crippen molar-refractivity contribution < 1.29 is 14.3 Å². The monoisotopic (exact) mass is 452 g/mol. The van der Waals surface area contributed by atoms with E-state index in [4.69, 9.17) is 9.47 Å². The molecule has 0 saturated heterocycles. The van der Waals surface area contributed by atoms with Gasteiger partial charge in [0.05, 0.1) is 32.2 Å². The second kappa shape index (κ2) is 9.23. The molecule has 1 amide bonds. The van der Waals surface area contributed by atoms with Gasteiger partial charge < -0.3 is 14.8 Å². The van der Waals surface area contributed by atoms with Gasteiger partial charge in [0.25, 0.3) is 5.91 Å². The molecule has 0 radical (unpaired) electrons. The van der Waals surface area contributed by atoms with Crippen LogP contribution in [-0.4, -0.2) is 35.1 Å². The summed E-state index contributed by atoms with van der Waals surface area (Å²) < 4.78 is 10.7. The summed E-state index contributed by atoms with van der Waals surface area (Å²) in [5, 5.41) is 6.51. The summed E-state index contributed by atoms with van der Waals surface area (Å²) in [7, 11) is 3.18. The maximum Gasteiger partial charge on any atom is 0.263 e. The molecule has 0 fully saturated rings. The van der Waals surface area contributed by atoms with E-state index in [1.54, 1.807) is 26.6 Å². The van der Waals surface area contributed by atoms with Gasteiger partial charge >= 0.3 is 0 Å². The zero-order valence-corrected chi connectivity index (χ0v) is 18.8. The molecule has 0 aliphatic carbocycles. The normalized spacial score (nSPS) is 10.7. The second-order valence-corrected chi connectivity index (χ2v) is 8.49. The van der Waals surface area contributed by atoms with Crippen molar-refractivity contribution in [1.29, 1.82) is 0 Å². The van der Waals surface area contributed by atoms with Gasteiger partial charge in [-0.25, -0.2) is 9.97 Å². The fourth-order valence-electron chi connectivity index (χ4n) is 2.98. The number of rotatable bonds is 7. The highest BCUT2D eigenvalue weighted by atomic mass is 32.1. The van der Waals surface area contributed by atoms with Crippen molar-refractivity contribution in [3.05, 3.63) is 63.7 Å². The molecule has 0 atom stereocenters. The van der Waals surface area contributed by atoms with E-state index >= 15 is 0 Å². The Morgan fingerprint density at radius 2 is 1.81 bits per heavy atom. The lowest BCUT2D eigenvalue weighted by Gasteiger charge is -2.08. The van der Waals surface area contributed by atoms with E-state index < -0.39 is 0 Å². The van der Waals surface area contributed by atoms with Gasteiger partial charge in [0.2, 0.25) is 0 Å². The standard InChI is InChI=1S/C22H20N4O3S2/c1-13-20(31-22(25-13)15-4-5-17(28-2)18(10-15)29-3)21(27)24-11-19-26-16(12-30-19)14-6-8-23-9-7-14/h4-10,12H,11H2,1-3H3,(H,24,27). The average Bonchev–Trinajstić information content (AvgIpc) is 3.44. The predicted molar refractivity (Wildman–Crippen MR) is 122 cm³/mol. The van der Waals surface area contributed by atoms with Gasteiger partial charge in [-0.05, 0) is 37.3 Å². The molecule has 0 bridgehead atoms.